The molecular formula is C20H34N4OS2. The first-order valence-electron chi connectivity index (χ1n) is 10.1. The Morgan fingerprint density at radius 2 is 2.37 bits per heavy atom. The quantitative estimate of drug-likeness (QED) is 0.533. The molecule has 2 fully saturated rings. The minimum absolute atomic E-state index is 0.294. The summed E-state index contributed by atoms with van der Waals surface area (Å²) in [7, 11) is 0. The summed E-state index contributed by atoms with van der Waals surface area (Å²) in [4.78, 5) is 8.87. The highest BCUT2D eigenvalue weighted by molar-refractivity contribution is 8.00. The number of morpholine rings is 1. The lowest BCUT2D eigenvalue weighted by atomic mass is 10.1. The molecule has 0 aromatic carbocycles. The van der Waals surface area contributed by atoms with Gasteiger partial charge < -0.3 is 15.4 Å². The van der Waals surface area contributed by atoms with E-state index in [9.17, 15) is 0 Å². The third kappa shape index (κ3) is 6.11. The van der Waals surface area contributed by atoms with Gasteiger partial charge in [-0.1, -0.05) is 6.07 Å². The van der Waals surface area contributed by atoms with Crippen LogP contribution in [-0.2, 0) is 4.74 Å². The van der Waals surface area contributed by atoms with Gasteiger partial charge in [-0.15, -0.1) is 11.3 Å². The van der Waals surface area contributed by atoms with Crippen LogP contribution in [0.3, 0.4) is 0 Å². The van der Waals surface area contributed by atoms with Crippen molar-refractivity contribution in [1.29, 1.82) is 0 Å². The van der Waals surface area contributed by atoms with Gasteiger partial charge in [-0.3, -0.25) is 9.89 Å². The molecular weight excluding hydrogens is 376 g/mol. The number of hydrogen-bond acceptors (Lipinski definition) is 5. The second-order valence-electron chi connectivity index (χ2n) is 7.69. The van der Waals surface area contributed by atoms with Crippen LogP contribution in [0.15, 0.2) is 22.5 Å². The van der Waals surface area contributed by atoms with Crippen molar-refractivity contribution in [1.82, 2.24) is 15.5 Å². The molecule has 0 saturated carbocycles. The number of thiophene rings is 1. The molecule has 27 heavy (non-hydrogen) atoms. The first-order chi connectivity index (χ1) is 13.1. The van der Waals surface area contributed by atoms with Gasteiger partial charge in [-0.2, -0.15) is 11.8 Å². The predicted molar refractivity (Wildman–Crippen MR) is 118 cm³/mol. The topological polar surface area (TPSA) is 48.9 Å². The summed E-state index contributed by atoms with van der Waals surface area (Å²) >= 11 is 3.90. The monoisotopic (exact) mass is 410 g/mol. The molecule has 0 amide bonds. The van der Waals surface area contributed by atoms with Crippen LogP contribution in [0.5, 0.6) is 0 Å². The zero-order chi connectivity index (χ0) is 19.1. The van der Waals surface area contributed by atoms with E-state index in [1.807, 2.05) is 11.3 Å². The van der Waals surface area contributed by atoms with E-state index in [1.54, 1.807) is 0 Å². The lowest BCUT2D eigenvalue weighted by Crippen LogP contribution is -2.48. The SMILES string of the molecule is CCNC(=NCC1(C)CCCS1)NCC(c1cccs1)N1CCOC(C)C1. The molecule has 3 heterocycles. The summed E-state index contributed by atoms with van der Waals surface area (Å²) in [6, 6.07) is 4.75. The molecule has 3 atom stereocenters. The summed E-state index contributed by atoms with van der Waals surface area (Å²) < 4.78 is 6.05. The zero-order valence-corrected chi connectivity index (χ0v) is 18.5. The van der Waals surface area contributed by atoms with Crippen molar-refractivity contribution in [2.45, 2.75) is 50.5 Å². The van der Waals surface area contributed by atoms with Gasteiger partial charge in [0.25, 0.3) is 0 Å². The van der Waals surface area contributed by atoms with E-state index in [2.05, 4.69) is 65.6 Å². The number of guanidine groups is 1. The molecule has 1 aromatic rings. The summed E-state index contributed by atoms with van der Waals surface area (Å²) in [5, 5.41) is 9.21. The summed E-state index contributed by atoms with van der Waals surface area (Å²) in [6.07, 6.45) is 2.88. The molecule has 5 nitrogen and oxygen atoms in total. The van der Waals surface area contributed by atoms with Crippen molar-refractivity contribution in [3.05, 3.63) is 22.4 Å². The Labute approximate surface area is 172 Å². The largest absolute Gasteiger partial charge is 0.376 e. The molecule has 0 bridgehead atoms. The Bertz CT molecular complexity index is 587. The van der Waals surface area contributed by atoms with Crippen LogP contribution in [0.25, 0.3) is 0 Å². The average molecular weight is 411 g/mol. The summed E-state index contributed by atoms with van der Waals surface area (Å²) in [5.74, 6) is 2.21. The molecule has 152 valence electrons. The lowest BCUT2D eigenvalue weighted by molar-refractivity contribution is -0.0334. The Kier molecular flexibility index (Phi) is 7.87. The molecule has 1 aromatic heterocycles. The fourth-order valence-corrected chi connectivity index (χ4v) is 5.85. The number of aliphatic imine (C=N–C) groups is 1. The van der Waals surface area contributed by atoms with Crippen molar-refractivity contribution < 1.29 is 4.74 Å². The first kappa shape index (κ1) is 21.0. The summed E-state index contributed by atoms with van der Waals surface area (Å²) in [5.41, 5.74) is 0. The van der Waals surface area contributed by atoms with Crippen LogP contribution >= 0.6 is 23.1 Å². The summed E-state index contributed by atoms with van der Waals surface area (Å²) in [6.45, 7) is 12.0. The van der Waals surface area contributed by atoms with Crippen molar-refractivity contribution in [3.8, 4) is 0 Å². The fraction of sp³-hybridized carbons (Fsp3) is 0.750. The maximum absolute atomic E-state index is 5.75. The van der Waals surface area contributed by atoms with Gasteiger partial charge in [0, 0.05) is 35.8 Å². The van der Waals surface area contributed by atoms with Crippen LogP contribution in [0.1, 0.15) is 44.5 Å². The number of nitrogens with zero attached hydrogens (tertiary/aromatic N) is 2. The van der Waals surface area contributed by atoms with Crippen molar-refractivity contribution in [3.63, 3.8) is 0 Å². The number of ether oxygens (including phenoxy) is 1. The van der Waals surface area contributed by atoms with Crippen molar-refractivity contribution >= 4 is 29.1 Å². The van der Waals surface area contributed by atoms with E-state index < -0.39 is 0 Å². The van der Waals surface area contributed by atoms with E-state index in [1.165, 1.54) is 23.5 Å². The highest BCUT2D eigenvalue weighted by atomic mass is 32.2. The van der Waals surface area contributed by atoms with Crippen LogP contribution in [0, 0.1) is 0 Å². The van der Waals surface area contributed by atoms with E-state index in [-0.39, 0.29) is 0 Å². The standard InChI is InChI=1S/C20H34N4OS2/c1-4-21-19(23-15-20(3)8-6-12-27-20)22-13-17(18-7-5-11-26-18)24-9-10-25-16(2)14-24/h5,7,11,16-17H,4,6,8-10,12-15H2,1-3H3,(H2,21,22,23). The third-order valence-electron chi connectivity index (χ3n) is 5.26. The molecule has 2 N–H and O–H groups in total. The molecule has 2 aliphatic rings. The lowest BCUT2D eigenvalue weighted by Gasteiger charge is -2.37. The molecule has 0 radical (unpaired) electrons. The van der Waals surface area contributed by atoms with E-state index >= 15 is 0 Å². The minimum Gasteiger partial charge on any atom is -0.376 e. The Balaban J connectivity index is 1.64. The van der Waals surface area contributed by atoms with Gasteiger partial charge in [0.2, 0.25) is 0 Å². The smallest absolute Gasteiger partial charge is 0.191 e. The Hall–Kier alpha value is -0.760. The predicted octanol–water partition coefficient (Wildman–Crippen LogP) is 3.35. The average Bonchev–Trinajstić information content (AvgIpc) is 3.32. The van der Waals surface area contributed by atoms with Gasteiger partial charge in [0.15, 0.2) is 5.96 Å². The number of rotatable bonds is 7. The maximum atomic E-state index is 5.75. The van der Waals surface area contributed by atoms with Gasteiger partial charge >= 0.3 is 0 Å². The fourth-order valence-electron chi connectivity index (χ4n) is 3.76. The van der Waals surface area contributed by atoms with Crippen LogP contribution < -0.4 is 10.6 Å². The van der Waals surface area contributed by atoms with E-state index in [0.29, 0.717) is 16.9 Å². The third-order valence-corrected chi connectivity index (χ3v) is 7.76. The first-order valence-corrected chi connectivity index (χ1v) is 12.0. The van der Waals surface area contributed by atoms with Gasteiger partial charge in [0.1, 0.15) is 0 Å². The van der Waals surface area contributed by atoms with Gasteiger partial charge in [-0.25, -0.2) is 0 Å². The highest BCUT2D eigenvalue weighted by Crippen LogP contribution is 2.37. The van der Waals surface area contributed by atoms with Gasteiger partial charge in [-0.05, 0) is 50.8 Å². The Morgan fingerprint density at radius 3 is 3.04 bits per heavy atom. The second kappa shape index (κ2) is 10.1. The minimum atomic E-state index is 0.294. The zero-order valence-electron chi connectivity index (χ0n) is 16.9. The molecule has 7 heteroatoms. The highest BCUT2D eigenvalue weighted by Gasteiger charge is 2.30. The number of nitrogens with one attached hydrogen (secondary N) is 2. The molecule has 3 unspecified atom stereocenters. The van der Waals surface area contributed by atoms with E-state index in [4.69, 9.17) is 9.73 Å². The maximum Gasteiger partial charge on any atom is 0.191 e. The van der Waals surface area contributed by atoms with Crippen molar-refractivity contribution in [2.75, 3.05) is 45.1 Å². The number of hydrogen-bond donors (Lipinski definition) is 2. The normalized spacial score (nSPS) is 28.3. The second-order valence-corrected chi connectivity index (χ2v) is 10.3. The molecule has 0 spiro atoms. The Morgan fingerprint density at radius 1 is 1.48 bits per heavy atom. The van der Waals surface area contributed by atoms with E-state index in [0.717, 1.165) is 45.3 Å². The molecule has 0 aliphatic carbocycles. The van der Waals surface area contributed by atoms with Gasteiger partial charge in [0.05, 0.1) is 25.3 Å². The van der Waals surface area contributed by atoms with Crippen molar-refractivity contribution in [2.24, 2.45) is 4.99 Å². The van der Waals surface area contributed by atoms with Crippen LogP contribution in [0.2, 0.25) is 0 Å². The number of thioether (sulfide) groups is 1. The molecule has 3 rings (SSSR count). The molecule has 2 aliphatic heterocycles. The van der Waals surface area contributed by atoms with Crippen LogP contribution in [0.4, 0.5) is 0 Å². The molecule has 2 saturated heterocycles. The van der Waals surface area contributed by atoms with Crippen LogP contribution in [-0.4, -0.2) is 66.8 Å².